The normalized spacial score (nSPS) is 11.8. The van der Waals surface area contributed by atoms with E-state index in [2.05, 4.69) is 19.2 Å². The quantitative estimate of drug-likeness (QED) is 0.666. The molecular weight excluding hydrogens is 166 g/mol. The van der Waals surface area contributed by atoms with Crippen molar-refractivity contribution in [3.05, 3.63) is 0 Å². The minimum Gasteiger partial charge on any atom is -0.468 e. The van der Waals surface area contributed by atoms with Gasteiger partial charge in [0.05, 0.1) is 7.11 Å². The molecule has 0 amide bonds. The van der Waals surface area contributed by atoms with Gasteiger partial charge in [0.15, 0.2) is 0 Å². The van der Waals surface area contributed by atoms with Crippen LogP contribution < -0.4 is 5.32 Å². The standard InChI is InChI=1S/C10H21NO2/c1-6-8(7-2)11-10(3,4)9(12)13-5/h8,11H,6-7H2,1-5H3. The van der Waals surface area contributed by atoms with Crippen molar-refractivity contribution in [2.75, 3.05) is 7.11 Å². The first-order chi connectivity index (χ1) is 5.97. The zero-order chi connectivity index (χ0) is 10.5. The van der Waals surface area contributed by atoms with Gasteiger partial charge in [0.1, 0.15) is 5.54 Å². The molecule has 0 bridgehead atoms. The van der Waals surface area contributed by atoms with Gasteiger partial charge in [-0.3, -0.25) is 10.1 Å². The summed E-state index contributed by atoms with van der Waals surface area (Å²) in [4.78, 5) is 11.3. The molecule has 0 aliphatic rings. The minimum atomic E-state index is -0.578. The van der Waals surface area contributed by atoms with Crippen LogP contribution in [0, 0.1) is 0 Å². The second-order valence-corrected chi connectivity index (χ2v) is 3.77. The van der Waals surface area contributed by atoms with E-state index in [1.807, 2.05) is 13.8 Å². The van der Waals surface area contributed by atoms with Crippen molar-refractivity contribution in [1.29, 1.82) is 0 Å². The maximum atomic E-state index is 11.3. The van der Waals surface area contributed by atoms with Crippen molar-refractivity contribution in [1.82, 2.24) is 5.32 Å². The average Bonchev–Trinajstić information content (AvgIpc) is 2.12. The van der Waals surface area contributed by atoms with E-state index in [1.54, 1.807) is 0 Å². The Morgan fingerprint density at radius 3 is 2.15 bits per heavy atom. The second-order valence-electron chi connectivity index (χ2n) is 3.77. The number of carbonyl (C=O) groups excluding carboxylic acids is 1. The van der Waals surface area contributed by atoms with E-state index in [9.17, 15) is 4.79 Å². The number of methoxy groups -OCH3 is 1. The Labute approximate surface area is 80.8 Å². The van der Waals surface area contributed by atoms with Crippen molar-refractivity contribution in [3.63, 3.8) is 0 Å². The summed E-state index contributed by atoms with van der Waals surface area (Å²) < 4.78 is 4.70. The molecule has 0 atom stereocenters. The summed E-state index contributed by atoms with van der Waals surface area (Å²) in [7, 11) is 1.42. The lowest BCUT2D eigenvalue weighted by atomic mass is 10.0. The van der Waals surface area contributed by atoms with Crippen LogP contribution in [-0.4, -0.2) is 24.7 Å². The molecule has 78 valence electrons. The van der Waals surface area contributed by atoms with Crippen LogP contribution >= 0.6 is 0 Å². The molecular formula is C10H21NO2. The van der Waals surface area contributed by atoms with Crippen LogP contribution in [0.25, 0.3) is 0 Å². The number of esters is 1. The molecule has 0 radical (unpaired) electrons. The monoisotopic (exact) mass is 187 g/mol. The number of nitrogens with one attached hydrogen (secondary N) is 1. The van der Waals surface area contributed by atoms with E-state index in [0.29, 0.717) is 6.04 Å². The van der Waals surface area contributed by atoms with E-state index < -0.39 is 5.54 Å². The Hall–Kier alpha value is -0.570. The number of ether oxygens (including phenoxy) is 1. The third-order valence-corrected chi connectivity index (χ3v) is 2.25. The molecule has 0 saturated carbocycles. The first-order valence-electron chi connectivity index (χ1n) is 4.84. The van der Waals surface area contributed by atoms with E-state index in [1.165, 1.54) is 7.11 Å². The molecule has 0 aliphatic heterocycles. The van der Waals surface area contributed by atoms with Gasteiger partial charge in [-0.15, -0.1) is 0 Å². The van der Waals surface area contributed by atoms with E-state index in [-0.39, 0.29) is 5.97 Å². The maximum absolute atomic E-state index is 11.3. The number of hydrogen-bond acceptors (Lipinski definition) is 3. The molecule has 0 spiro atoms. The molecule has 0 aromatic heterocycles. The third-order valence-electron chi connectivity index (χ3n) is 2.25. The van der Waals surface area contributed by atoms with Crippen LogP contribution in [0.2, 0.25) is 0 Å². The van der Waals surface area contributed by atoms with Gasteiger partial charge in [-0.25, -0.2) is 0 Å². The van der Waals surface area contributed by atoms with Gasteiger partial charge in [0.25, 0.3) is 0 Å². The summed E-state index contributed by atoms with van der Waals surface area (Å²) in [5.41, 5.74) is -0.578. The number of rotatable bonds is 5. The van der Waals surface area contributed by atoms with Crippen LogP contribution in [0.4, 0.5) is 0 Å². The van der Waals surface area contributed by atoms with Crippen molar-refractivity contribution in [2.45, 2.75) is 52.1 Å². The predicted octanol–water partition coefficient (Wildman–Crippen LogP) is 1.72. The zero-order valence-electron chi connectivity index (χ0n) is 9.31. The van der Waals surface area contributed by atoms with Gasteiger partial charge in [0.2, 0.25) is 0 Å². The average molecular weight is 187 g/mol. The molecule has 3 heteroatoms. The molecule has 0 rings (SSSR count). The van der Waals surface area contributed by atoms with Crippen molar-refractivity contribution < 1.29 is 9.53 Å². The van der Waals surface area contributed by atoms with Gasteiger partial charge >= 0.3 is 5.97 Å². The fourth-order valence-corrected chi connectivity index (χ4v) is 1.32. The van der Waals surface area contributed by atoms with Crippen molar-refractivity contribution in [2.24, 2.45) is 0 Å². The van der Waals surface area contributed by atoms with E-state index in [0.717, 1.165) is 12.8 Å². The molecule has 13 heavy (non-hydrogen) atoms. The summed E-state index contributed by atoms with van der Waals surface area (Å²) in [6, 6.07) is 0.383. The Bertz CT molecular complexity index is 162. The molecule has 0 aliphatic carbocycles. The lowest BCUT2D eigenvalue weighted by Gasteiger charge is -2.28. The van der Waals surface area contributed by atoms with Crippen LogP contribution in [0.3, 0.4) is 0 Å². The van der Waals surface area contributed by atoms with Gasteiger partial charge in [-0.05, 0) is 26.7 Å². The fourth-order valence-electron chi connectivity index (χ4n) is 1.32. The fraction of sp³-hybridized carbons (Fsp3) is 0.900. The lowest BCUT2D eigenvalue weighted by Crippen LogP contribution is -2.51. The van der Waals surface area contributed by atoms with Crippen LogP contribution in [0.1, 0.15) is 40.5 Å². The van der Waals surface area contributed by atoms with Crippen LogP contribution in [-0.2, 0) is 9.53 Å². The first kappa shape index (κ1) is 12.4. The smallest absolute Gasteiger partial charge is 0.325 e. The van der Waals surface area contributed by atoms with Gasteiger partial charge in [-0.1, -0.05) is 13.8 Å². The highest BCUT2D eigenvalue weighted by molar-refractivity contribution is 5.79. The van der Waals surface area contributed by atoms with E-state index in [4.69, 9.17) is 4.74 Å². The minimum absolute atomic E-state index is 0.209. The van der Waals surface area contributed by atoms with Gasteiger partial charge in [-0.2, -0.15) is 0 Å². The molecule has 0 aromatic carbocycles. The molecule has 0 heterocycles. The summed E-state index contributed by atoms with van der Waals surface area (Å²) in [6.45, 7) is 7.90. The SMILES string of the molecule is CCC(CC)NC(C)(C)C(=O)OC. The second kappa shape index (κ2) is 5.22. The number of hydrogen-bond donors (Lipinski definition) is 1. The van der Waals surface area contributed by atoms with Gasteiger partial charge in [0, 0.05) is 6.04 Å². The Morgan fingerprint density at radius 1 is 1.38 bits per heavy atom. The Balaban J connectivity index is 4.21. The summed E-state index contributed by atoms with van der Waals surface area (Å²) >= 11 is 0. The van der Waals surface area contributed by atoms with Crippen LogP contribution in [0.5, 0.6) is 0 Å². The van der Waals surface area contributed by atoms with E-state index >= 15 is 0 Å². The molecule has 0 aromatic rings. The number of carbonyl (C=O) groups is 1. The largest absolute Gasteiger partial charge is 0.468 e. The summed E-state index contributed by atoms with van der Waals surface area (Å²) in [5, 5.41) is 3.27. The van der Waals surface area contributed by atoms with Crippen LogP contribution in [0.15, 0.2) is 0 Å². The molecule has 3 nitrogen and oxygen atoms in total. The molecule has 0 saturated heterocycles. The molecule has 0 unspecified atom stereocenters. The third kappa shape index (κ3) is 3.77. The Kier molecular flexibility index (Phi) is 4.99. The highest BCUT2D eigenvalue weighted by Gasteiger charge is 2.29. The Morgan fingerprint density at radius 2 is 1.85 bits per heavy atom. The summed E-state index contributed by atoms with van der Waals surface area (Å²) in [5.74, 6) is -0.209. The highest BCUT2D eigenvalue weighted by atomic mass is 16.5. The first-order valence-corrected chi connectivity index (χ1v) is 4.84. The summed E-state index contributed by atoms with van der Waals surface area (Å²) in [6.07, 6.45) is 2.05. The molecule has 0 fully saturated rings. The molecule has 1 N–H and O–H groups in total. The van der Waals surface area contributed by atoms with Crippen molar-refractivity contribution >= 4 is 5.97 Å². The highest BCUT2D eigenvalue weighted by Crippen LogP contribution is 2.09. The topological polar surface area (TPSA) is 38.3 Å². The maximum Gasteiger partial charge on any atom is 0.325 e. The van der Waals surface area contributed by atoms with Crippen molar-refractivity contribution in [3.8, 4) is 0 Å². The predicted molar refractivity (Wildman–Crippen MR) is 53.6 cm³/mol. The zero-order valence-corrected chi connectivity index (χ0v) is 9.31. The lowest BCUT2D eigenvalue weighted by molar-refractivity contribution is -0.147. The van der Waals surface area contributed by atoms with Gasteiger partial charge < -0.3 is 4.74 Å².